The van der Waals surface area contributed by atoms with Gasteiger partial charge in [0.1, 0.15) is 11.6 Å². The molecule has 5 nitrogen and oxygen atoms in total. The average Bonchev–Trinajstić information content (AvgIpc) is 2.97. The quantitative estimate of drug-likeness (QED) is 0.633. The van der Waals surface area contributed by atoms with Crippen LogP contribution in [0.25, 0.3) is 0 Å². The Morgan fingerprint density at radius 2 is 1.70 bits per heavy atom. The Morgan fingerprint density at radius 1 is 1.03 bits per heavy atom. The van der Waals surface area contributed by atoms with E-state index in [1.165, 1.54) is 18.1 Å². The number of fused-ring (bicyclic) bond motifs is 1. The molecule has 152 valence electrons. The van der Waals surface area contributed by atoms with Crippen molar-refractivity contribution in [2.45, 2.75) is 18.6 Å². The number of hydrogen-bond acceptors (Lipinski definition) is 4. The van der Waals surface area contributed by atoms with E-state index in [9.17, 15) is 19.1 Å². The molecule has 1 atom stereocenters. The highest BCUT2D eigenvalue weighted by atomic mass is 19.1. The van der Waals surface area contributed by atoms with Crippen molar-refractivity contribution in [3.8, 4) is 5.75 Å². The maximum Gasteiger partial charge on any atom is 0.264 e. The van der Waals surface area contributed by atoms with E-state index in [0.717, 1.165) is 0 Å². The molecule has 1 amide bonds. The fourth-order valence-corrected chi connectivity index (χ4v) is 3.74. The van der Waals surface area contributed by atoms with Crippen molar-refractivity contribution in [1.29, 1.82) is 0 Å². The number of hydrogen-bond donors (Lipinski definition) is 1. The van der Waals surface area contributed by atoms with Crippen molar-refractivity contribution < 1.29 is 23.8 Å². The molecular weight excluding hydrogens is 385 g/mol. The van der Waals surface area contributed by atoms with Gasteiger partial charge in [-0.15, -0.1) is 0 Å². The molecule has 1 heterocycles. The molecule has 3 aromatic rings. The van der Waals surface area contributed by atoms with Gasteiger partial charge in [-0.05, 0) is 36.4 Å². The van der Waals surface area contributed by atoms with Gasteiger partial charge in [-0.25, -0.2) is 4.39 Å². The van der Waals surface area contributed by atoms with Gasteiger partial charge < -0.3 is 14.7 Å². The molecule has 1 unspecified atom stereocenters. The normalized spacial score (nSPS) is 17.7. The Kier molecular flexibility index (Phi) is 5.10. The van der Waals surface area contributed by atoms with E-state index in [1.807, 2.05) is 0 Å². The Morgan fingerprint density at radius 3 is 2.40 bits per heavy atom. The lowest BCUT2D eigenvalue weighted by molar-refractivity contribution is -0.136. The van der Waals surface area contributed by atoms with Crippen LogP contribution < -0.4 is 9.64 Å². The topological polar surface area (TPSA) is 66.8 Å². The Balaban J connectivity index is 1.66. The van der Waals surface area contributed by atoms with Crippen molar-refractivity contribution in [3.63, 3.8) is 0 Å². The zero-order valence-electron chi connectivity index (χ0n) is 16.3. The predicted molar refractivity (Wildman–Crippen MR) is 110 cm³/mol. The first-order chi connectivity index (χ1) is 14.4. The molecule has 0 fully saturated rings. The van der Waals surface area contributed by atoms with Crippen LogP contribution in [0.2, 0.25) is 0 Å². The maximum absolute atomic E-state index is 14.2. The van der Waals surface area contributed by atoms with Crippen molar-refractivity contribution in [1.82, 2.24) is 0 Å². The Bertz CT molecular complexity index is 1110. The number of anilines is 1. The maximum atomic E-state index is 14.2. The predicted octanol–water partition coefficient (Wildman–Crippen LogP) is 3.84. The lowest BCUT2D eigenvalue weighted by atomic mass is 9.88. The van der Waals surface area contributed by atoms with Gasteiger partial charge >= 0.3 is 0 Å². The molecule has 0 spiro atoms. The van der Waals surface area contributed by atoms with Crippen LogP contribution >= 0.6 is 0 Å². The molecule has 1 aliphatic heterocycles. The summed E-state index contributed by atoms with van der Waals surface area (Å²) in [7, 11) is 1.53. The number of Topliss-reactive ketones (excluding diaryl/α,β-unsaturated/α-hetero) is 1. The van der Waals surface area contributed by atoms with Crippen LogP contribution in [-0.2, 0) is 16.9 Å². The molecule has 0 radical (unpaired) electrons. The van der Waals surface area contributed by atoms with Gasteiger partial charge in [0.05, 0.1) is 25.8 Å². The molecule has 4 rings (SSSR count). The molecule has 3 aromatic carbocycles. The largest absolute Gasteiger partial charge is 0.497 e. The van der Waals surface area contributed by atoms with E-state index >= 15 is 0 Å². The smallest absolute Gasteiger partial charge is 0.264 e. The zero-order chi connectivity index (χ0) is 21.3. The van der Waals surface area contributed by atoms with Crippen molar-refractivity contribution in [2.24, 2.45) is 0 Å². The molecule has 0 aromatic heterocycles. The Hall–Kier alpha value is -3.51. The molecule has 0 bridgehead atoms. The first kappa shape index (κ1) is 19.8. The lowest BCUT2D eigenvalue weighted by Crippen LogP contribution is -2.41. The zero-order valence-corrected chi connectivity index (χ0v) is 16.3. The van der Waals surface area contributed by atoms with Crippen LogP contribution in [0, 0.1) is 5.82 Å². The fraction of sp³-hybridized carbons (Fsp3) is 0.167. The van der Waals surface area contributed by atoms with E-state index in [1.54, 1.807) is 66.7 Å². The average molecular weight is 405 g/mol. The van der Waals surface area contributed by atoms with E-state index in [0.29, 0.717) is 28.1 Å². The third-order valence-electron chi connectivity index (χ3n) is 5.35. The summed E-state index contributed by atoms with van der Waals surface area (Å²) in [6.45, 7) is -0.0401. The number of halogens is 1. The Labute approximate surface area is 173 Å². The van der Waals surface area contributed by atoms with Gasteiger partial charge in [-0.3, -0.25) is 9.59 Å². The third-order valence-corrected chi connectivity index (χ3v) is 5.35. The SMILES string of the molecule is COc1ccc(C(=O)CC2(O)C(=O)N(Cc3ccccc3F)c3ccccc32)cc1. The van der Waals surface area contributed by atoms with Gasteiger partial charge in [0.25, 0.3) is 5.91 Å². The second-order valence-corrected chi connectivity index (χ2v) is 7.19. The molecule has 0 aliphatic carbocycles. The summed E-state index contributed by atoms with van der Waals surface area (Å²) in [6.07, 6.45) is -0.414. The highest BCUT2D eigenvalue weighted by Gasteiger charge is 2.50. The second-order valence-electron chi connectivity index (χ2n) is 7.19. The molecule has 1 aliphatic rings. The highest BCUT2D eigenvalue weighted by molar-refractivity contribution is 6.10. The van der Waals surface area contributed by atoms with Crippen LogP contribution in [0.3, 0.4) is 0 Å². The van der Waals surface area contributed by atoms with E-state index in [4.69, 9.17) is 4.74 Å². The van der Waals surface area contributed by atoms with Gasteiger partial charge in [0.2, 0.25) is 0 Å². The molecule has 1 N–H and O–H groups in total. The van der Waals surface area contributed by atoms with Gasteiger partial charge in [0, 0.05) is 16.7 Å². The first-order valence-electron chi connectivity index (χ1n) is 9.48. The van der Waals surface area contributed by atoms with E-state index in [2.05, 4.69) is 0 Å². The monoisotopic (exact) mass is 405 g/mol. The summed E-state index contributed by atoms with van der Waals surface area (Å²) in [5, 5.41) is 11.3. The lowest BCUT2D eigenvalue weighted by Gasteiger charge is -2.23. The number of para-hydroxylation sites is 1. The third kappa shape index (κ3) is 3.35. The minimum Gasteiger partial charge on any atom is -0.497 e. The number of carbonyl (C=O) groups excluding carboxylic acids is 2. The number of ether oxygens (including phenoxy) is 1. The highest BCUT2D eigenvalue weighted by Crippen LogP contribution is 2.43. The van der Waals surface area contributed by atoms with Crippen molar-refractivity contribution in [2.75, 3.05) is 12.0 Å². The minimum absolute atomic E-state index is 0.0401. The summed E-state index contributed by atoms with van der Waals surface area (Å²) in [5.41, 5.74) is -0.517. The van der Waals surface area contributed by atoms with Gasteiger partial charge in [0.15, 0.2) is 11.4 Å². The van der Waals surface area contributed by atoms with Crippen LogP contribution in [0.15, 0.2) is 72.8 Å². The number of methoxy groups -OCH3 is 1. The number of aliphatic hydroxyl groups is 1. The van der Waals surface area contributed by atoms with E-state index in [-0.39, 0.29) is 12.3 Å². The molecule has 0 saturated heterocycles. The molecule has 0 saturated carbocycles. The minimum atomic E-state index is -2.02. The summed E-state index contributed by atoms with van der Waals surface area (Å²) < 4.78 is 19.3. The standard InChI is InChI=1S/C24H20FNO4/c1-30-18-12-10-16(11-13-18)22(27)14-24(29)19-7-3-5-9-21(19)26(23(24)28)15-17-6-2-4-8-20(17)25/h2-13,29H,14-15H2,1H3. The molecule has 6 heteroatoms. The van der Waals surface area contributed by atoms with Crippen LogP contribution in [0.1, 0.15) is 27.9 Å². The summed E-state index contributed by atoms with van der Waals surface area (Å²) >= 11 is 0. The van der Waals surface area contributed by atoms with Crippen LogP contribution in [0.4, 0.5) is 10.1 Å². The summed E-state index contributed by atoms with van der Waals surface area (Å²) in [4.78, 5) is 27.4. The van der Waals surface area contributed by atoms with Crippen LogP contribution in [-0.4, -0.2) is 23.9 Å². The van der Waals surface area contributed by atoms with E-state index < -0.39 is 23.7 Å². The second kappa shape index (κ2) is 7.72. The van der Waals surface area contributed by atoms with Crippen molar-refractivity contribution in [3.05, 3.63) is 95.3 Å². The first-order valence-corrected chi connectivity index (χ1v) is 9.48. The van der Waals surface area contributed by atoms with Crippen LogP contribution in [0.5, 0.6) is 5.75 Å². The number of nitrogens with zero attached hydrogens (tertiary/aromatic N) is 1. The molecule has 30 heavy (non-hydrogen) atoms. The number of carbonyl (C=O) groups is 2. The number of ketones is 1. The number of amides is 1. The van der Waals surface area contributed by atoms with Gasteiger partial charge in [-0.1, -0.05) is 36.4 Å². The fourth-order valence-electron chi connectivity index (χ4n) is 3.74. The summed E-state index contributed by atoms with van der Waals surface area (Å²) in [5.74, 6) is -0.860. The van der Waals surface area contributed by atoms with Gasteiger partial charge in [-0.2, -0.15) is 0 Å². The van der Waals surface area contributed by atoms with Crippen molar-refractivity contribution >= 4 is 17.4 Å². The summed E-state index contributed by atoms with van der Waals surface area (Å²) in [6, 6.07) is 19.4. The molecular formula is C24H20FNO4. The number of rotatable bonds is 6. The number of benzene rings is 3.